The molecule has 1 N–H and O–H groups in total. The van der Waals surface area contributed by atoms with E-state index >= 15 is 0 Å². The molecule has 0 bridgehead atoms. The number of oxime groups is 1. The summed E-state index contributed by atoms with van der Waals surface area (Å²) in [6, 6.07) is 7.67. The Kier molecular flexibility index (Phi) is 7.61. The average Bonchev–Trinajstić information content (AvgIpc) is 3.16. The maximum atomic E-state index is 11.8. The van der Waals surface area contributed by atoms with Crippen molar-refractivity contribution in [2.24, 2.45) is 24.0 Å². The molecule has 1 aromatic heterocycles. The predicted octanol–water partition coefficient (Wildman–Crippen LogP) is -0.301. The molecule has 0 aliphatic carbocycles. The molecule has 3 rings (SSSR count). The highest BCUT2D eigenvalue weighted by Crippen LogP contribution is 2.27. The largest absolute Gasteiger partial charge is 1.00 e. The molecule has 27 heavy (non-hydrogen) atoms. The lowest BCUT2D eigenvalue weighted by atomic mass is 9.89. The molecule has 1 aliphatic heterocycles. The Balaban J connectivity index is 0.00000261. The Morgan fingerprint density at radius 1 is 1.41 bits per heavy atom. The Morgan fingerprint density at radius 3 is 2.74 bits per heavy atom. The van der Waals surface area contributed by atoms with Crippen LogP contribution in [0.5, 0.6) is 0 Å². The minimum atomic E-state index is -0.0791. The number of rotatable bonds is 6. The van der Waals surface area contributed by atoms with Crippen molar-refractivity contribution in [1.82, 2.24) is 4.57 Å². The van der Waals surface area contributed by atoms with E-state index in [1.165, 1.54) is 0 Å². The van der Waals surface area contributed by atoms with E-state index in [2.05, 4.69) is 21.1 Å². The highest BCUT2D eigenvalue weighted by atomic mass is 79.9. The normalized spacial score (nSPS) is 19.7. The molecule has 0 saturated carbocycles. The lowest BCUT2D eigenvalue weighted by Crippen LogP contribution is -3.00. The van der Waals surface area contributed by atoms with Gasteiger partial charge in [0, 0.05) is 22.4 Å². The number of ether oxygens (including phenoxy) is 1. The van der Waals surface area contributed by atoms with Gasteiger partial charge in [0.25, 0.3) is 0 Å². The summed E-state index contributed by atoms with van der Waals surface area (Å²) < 4.78 is 10.2. The molecule has 2 heterocycles. The minimum absolute atomic E-state index is 0. The molecule has 1 aliphatic rings. The van der Waals surface area contributed by atoms with E-state index in [0.29, 0.717) is 18.9 Å². The van der Waals surface area contributed by atoms with Crippen LogP contribution in [0, 0.1) is 11.8 Å². The number of esters is 1. The Hall–Kier alpha value is -1.67. The fourth-order valence-electron chi connectivity index (χ4n) is 3.47. The third kappa shape index (κ3) is 4.99. The number of carbonyl (C=O) groups is 1. The molecule has 2 unspecified atom stereocenters. The first-order chi connectivity index (χ1) is 12.5. The number of halogens is 2. The lowest BCUT2D eigenvalue weighted by Gasteiger charge is -2.10. The van der Waals surface area contributed by atoms with Gasteiger partial charge in [-0.1, -0.05) is 40.1 Å². The Labute approximate surface area is 177 Å². The van der Waals surface area contributed by atoms with Gasteiger partial charge in [0.05, 0.1) is 19.6 Å². The summed E-state index contributed by atoms with van der Waals surface area (Å²) in [6.07, 6.45) is 5.61. The van der Waals surface area contributed by atoms with Gasteiger partial charge in [-0.15, -0.1) is 0 Å². The van der Waals surface area contributed by atoms with Crippen LogP contribution in [0.15, 0.2) is 46.4 Å². The number of aromatic nitrogens is 2. The van der Waals surface area contributed by atoms with Crippen molar-refractivity contribution in [3.63, 3.8) is 0 Å². The summed E-state index contributed by atoms with van der Waals surface area (Å²) in [5.74, 6) is 0.118. The van der Waals surface area contributed by atoms with Crippen LogP contribution < -0.4 is 21.5 Å². The van der Waals surface area contributed by atoms with Crippen molar-refractivity contribution in [2.45, 2.75) is 26.3 Å². The molecular weight excluding hydrogens is 478 g/mol. The summed E-state index contributed by atoms with van der Waals surface area (Å²) in [5, 5.41) is 12.9. The topological polar surface area (TPSA) is 67.7 Å². The van der Waals surface area contributed by atoms with Crippen LogP contribution in [-0.4, -0.2) is 28.1 Å². The molecule has 1 fully saturated rings. The summed E-state index contributed by atoms with van der Waals surface area (Å²) in [4.78, 5) is 11.8. The van der Waals surface area contributed by atoms with Crippen molar-refractivity contribution in [1.29, 1.82) is 0 Å². The van der Waals surface area contributed by atoms with Crippen LogP contribution in [0.3, 0.4) is 0 Å². The monoisotopic (exact) mass is 499 g/mol. The summed E-state index contributed by atoms with van der Waals surface area (Å²) in [5.41, 5.74) is 2.58. The smallest absolute Gasteiger partial charge is 0.309 e. The molecule has 0 spiro atoms. The van der Waals surface area contributed by atoms with Crippen molar-refractivity contribution in [2.75, 3.05) is 6.61 Å². The van der Waals surface area contributed by atoms with E-state index in [4.69, 9.17) is 4.74 Å². The lowest BCUT2D eigenvalue weighted by molar-refractivity contribution is -0.681. The van der Waals surface area contributed by atoms with Crippen molar-refractivity contribution >= 4 is 27.6 Å². The van der Waals surface area contributed by atoms with Gasteiger partial charge >= 0.3 is 5.97 Å². The standard InChI is InChI=1S/C19H22BrN3O3.BrH/c1-3-17-14(11-26-19(17)24)8-16-9-23(12-22(16)2)10-18(21-25)13-4-6-15(20)7-5-13;/h4-7,9,12,14,17H,3,8,10-11H2,1-2H3;1H/b21-18+;. The quantitative estimate of drug-likeness (QED) is 0.195. The van der Waals surface area contributed by atoms with Gasteiger partial charge in [0.15, 0.2) is 0 Å². The van der Waals surface area contributed by atoms with Crippen LogP contribution in [0.1, 0.15) is 24.6 Å². The molecule has 6 nitrogen and oxygen atoms in total. The first-order valence-electron chi connectivity index (χ1n) is 8.69. The first-order valence-corrected chi connectivity index (χ1v) is 9.49. The maximum absolute atomic E-state index is 11.8. The zero-order valence-electron chi connectivity index (χ0n) is 15.3. The van der Waals surface area contributed by atoms with Crippen LogP contribution in [0.2, 0.25) is 0 Å². The maximum Gasteiger partial charge on any atom is 0.309 e. The van der Waals surface area contributed by atoms with E-state index in [0.717, 1.165) is 28.6 Å². The third-order valence-corrected chi connectivity index (χ3v) is 5.47. The van der Waals surface area contributed by atoms with E-state index in [1.54, 1.807) is 0 Å². The second kappa shape index (κ2) is 9.50. The van der Waals surface area contributed by atoms with Crippen molar-refractivity contribution in [3.8, 4) is 0 Å². The van der Waals surface area contributed by atoms with Crippen LogP contribution in [0.4, 0.5) is 0 Å². The number of hydrogen-bond acceptors (Lipinski definition) is 4. The molecule has 146 valence electrons. The molecule has 1 saturated heterocycles. The molecule has 0 amide bonds. The molecule has 2 aromatic rings. The number of imidazole rings is 1. The Bertz CT molecular complexity index is 818. The van der Waals surface area contributed by atoms with Crippen molar-refractivity contribution in [3.05, 3.63) is 52.5 Å². The number of hydrogen-bond donors (Lipinski definition) is 1. The zero-order valence-corrected chi connectivity index (χ0v) is 18.5. The van der Waals surface area contributed by atoms with Crippen LogP contribution in [-0.2, 0) is 29.5 Å². The second-order valence-corrected chi connectivity index (χ2v) is 7.60. The number of carbonyl (C=O) groups excluding carboxylic acids is 1. The van der Waals surface area contributed by atoms with Gasteiger partial charge in [-0.25, -0.2) is 9.13 Å². The average molecular weight is 501 g/mol. The summed E-state index contributed by atoms with van der Waals surface area (Å²) in [6.45, 7) is 2.98. The van der Waals surface area contributed by atoms with E-state index in [9.17, 15) is 10.0 Å². The van der Waals surface area contributed by atoms with Gasteiger partial charge in [-0.3, -0.25) is 4.79 Å². The first kappa shape index (κ1) is 21.6. The van der Waals surface area contributed by atoms with E-state index in [-0.39, 0.29) is 34.8 Å². The van der Waals surface area contributed by atoms with Gasteiger partial charge in [0.2, 0.25) is 6.33 Å². The molecule has 0 radical (unpaired) electrons. The minimum Gasteiger partial charge on any atom is -1.00 e. The van der Waals surface area contributed by atoms with Crippen LogP contribution >= 0.6 is 15.9 Å². The Morgan fingerprint density at radius 2 is 2.11 bits per heavy atom. The number of aryl methyl sites for hydroxylation is 1. The fraction of sp³-hybridized carbons (Fsp3) is 0.421. The van der Waals surface area contributed by atoms with Gasteiger partial charge < -0.3 is 26.9 Å². The number of cyclic esters (lactones) is 1. The highest BCUT2D eigenvalue weighted by Gasteiger charge is 2.36. The van der Waals surface area contributed by atoms with Crippen molar-refractivity contribution < 1.29 is 36.3 Å². The summed E-state index contributed by atoms with van der Waals surface area (Å²) >= 11 is 3.41. The van der Waals surface area contributed by atoms with Gasteiger partial charge in [-0.05, 0) is 18.6 Å². The van der Waals surface area contributed by atoms with Gasteiger partial charge in [0.1, 0.15) is 24.1 Å². The zero-order chi connectivity index (χ0) is 18.7. The number of nitrogens with zero attached hydrogens (tertiary/aromatic N) is 3. The fourth-order valence-corrected chi connectivity index (χ4v) is 3.73. The van der Waals surface area contributed by atoms with Crippen LogP contribution in [0.25, 0.3) is 0 Å². The second-order valence-electron chi connectivity index (χ2n) is 6.68. The van der Waals surface area contributed by atoms with E-state index in [1.807, 2.05) is 59.9 Å². The molecule has 2 atom stereocenters. The summed E-state index contributed by atoms with van der Waals surface area (Å²) in [7, 11) is 1.99. The SMILES string of the molecule is CCC1C(=O)OCC1Cc1c[n+](C/C(=N\O)c2ccc(Br)cc2)cn1C.[Br-]. The molecule has 8 heteroatoms. The predicted molar refractivity (Wildman–Crippen MR) is 100 cm³/mol. The molecule has 1 aromatic carbocycles. The highest BCUT2D eigenvalue weighted by molar-refractivity contribution is 9.10. The van der Waals surface area contributed by atoms with E-state index < -0.39 is 0 Å². The third-order valence-electron chi connectivity index (χ3n) is 4.94. The molecular formula is C19H23Br2N3O3. The van der Waals surface area contributed by atoms with Gasteiger partial charge in [-0.2, -0.15) is 0 Å². The number of benzene rings is 1.